The van der Waals surface area contributed by atoms with Gasteiger partial charge >= 0.3 is 0 Å². The summed E-state index contributed by atoms with van der Waals surface area (Å²) in [6, 6.07) is 0.784. The Morgan fingerprint density at radius 3 is 2.93 bits per heavy atom. The van der Waals surface area contributed by atoms with Crippen molar-refractivity contribution in [3.05, 3.63) is 0 Å². The highest BCUT2D eigenvalue weighted by atomic mass is 32.2. The minimum absolute atomic E-state index is 0.337. The summed E-state index contributed by atoms with van der Waals surface area (Å²) in [5, 5.41) is 5.11. The molecular formula is C10H20N2OS. The molecule has 1 aliphatic rings. The maximum absolute atomic E-state index is 5.07. The van der Waals surface area contributed by atoms with Crippen molar-refractivity contribution in [2.75, 3.05) is 13.7 Å². The molecule has 14 heavy (non-hydrogen) atoms. The molecule has 0 bridgehead atoms. The summed E-state index contributed by atoms with van der Waals surface area (Å²) in [6.45, 7) is 7.25. The van der Waals surface area contributed by atoms with E-state index in [-0.39, 0.29) is 0 Å². The molecule has 82 valence electrons. The van der Waals surface area contributed by atoms with Crippen LogP contribution in [0.5, 0.6) is 0 Å². The molecule has 0 fully saturated rings. The molecule has 3 unspecified atom stereocenters. The predicted octanol–water partition coefficient (Wildman–Crippen LogP) is 1.88. The van der Waals surface area contributed by atoms with Gasteiger partial charge in [-0.2, -0.15) is 0 Å². The first-order valence-electron chi connectivity index (χ1n) is 5.11. The first kappa shape index (κ1) is 11.9. The van der Waals surface area contributed by atoms with Crippen molar-refractivity contribution >= 4 is 16.9 Å². The zero-order valence-corrected chi connectivity index (χ0v) is 10.2. The average Bonchev–Trinajstić information content (AvgIpc) is 2.01. The van der Waals surface area contributed by atoms with Crippen molar-refractivity contribution in [1.29, 1.82) is 0 Å². The van der Waals surface area contributed by atoms with Gasteiger partial charge in [0.1, 0.15) is 0 Å². The zero-order valence-electron chi connectivity index (χ0n) is 9.41. The van der Waals surface area contributed by atoms with Crippen molar-refractivity contribution in [1.82, 2.24) is 5.32 Å². The Balaban J connectivity index is 2.43. The highest BCUT2D eigenvalue weighted by molar-refractivity contribution is 8.14. The molecule has 0 amide bonds. The van der Waals surface area contributed by atoms with Crippen LogP contribution in [-0.2, 0) is 4.74 Å². The summed E-state index contributed by atoms with van der Waals surface area (Å²) in [6.07, 6.45) is 1.18. The van der Waals surface area contributed by atoms with Gasteiger partial charge in [0.2, 0.25) is 0 Å². The van der Waals surface area contributed by atoms with E-state index in [0.717, 1.165) is 11.8 Å². The van der Waals surface area contributed by atoms with Crippen LogP contribution >= 0.6 is 11.8 Å². The van der Waals surface area contributed by atoms with Crippen LogP contribution in [0.4, 0.5) is 0 Å². The SMILES string of the molecule is COCC(C)NC1=NC(C)CC(C)S1. The van der Waals surface area contributed by atoms with Gasteiger partial charge in [0.05, 0.1) is 12.6 Å². The van der Waals surface area contributed by atoms with Gasteiger partial charge in [0, 0.05) is 18.4 Å². The number of aliphatic imine (C=N–C) groups is 1. The summed E-state index contributed by atoms with van der Waals surface area (Å²) in [5.74, 6) is 0. The number of hydrogen-bond acceptors (Lipinski definition) is 4. The van der Waals surface area contributed by atoms with Crippen LogP contribution in [0.1, 0.15) is 27.2 Å². The van der Waals surface area contributed by atoms with Crippen LogP contribution in [0.25, 0.3) is 0 Å². The highest BCUT2D eigenvalue weighted by Crippen LogP contribution is 2.23. The number of thioether (sulfide) groups is 1. The molecular weight excluding hydrogens is 196 g/mol. The van der Waals surface area contributed by atoms with Gasteiger partial charge < -0.3 is 10.1 Å². The van der Waals surface area contributed by atoms with E-state index >= 15 is 0 Å². The van der Waals surface area contributed by atoms with Crippen LogP contribution in [0.3, 0.4) is 0 Å². The molecule has 4 heteroatoms. The smallest absolute Gasteiger partial charge is 0.157 e. The van der Waals surface area contributed by atoms with Crippen molar-refractivity contribution in [3.8, 4) is 0 Å². The lowest BCUT2D eigenvalue weighted by Gasteiger charge is -2.25. The number of rotatable bonds is 3. The van der Waals surface area contributed by atoms with Gasteiger partial charge in [0.15, 0.2) is 5.17 Å². The maximum atomic E-state index is 5.07. The van der Waals surface area contributed by atoms with Crippen molar-refractivity contribution in [2.24, 2.45) is 4.99 Å². The number of nitrogens with one attached hydrogen (secondary N) is 1. The van der Waals surface area contributed by atoms with Gasteiger partial charge in [-0.05, 0) is 20.3 Å². The minimum atomic E-state index is 0.337. The van der Waals surface area contributed by atoms with Crippen LogP contribution < -0.4 is 5.32 Å². The third kappa shape index (κ3) is 3.88. The molecule has 0 saturated carbocycles. The van der Waals surface area contributed by atoms with Crippen molar-refractivity contribution < 1.29 is 4.74 Å². The van der Waals surface area contributed by atoms with E-state index < -0.39 is 0 Å². The predicted molar refractivity (Wildman–Crippen MR) is 63.0 cm³/mol. The zero-order chi connectivity index (χ0) is 10.6. The molecule has 3 atom stereocenters. The Kier molecular flexibility index (Phi) is 4.75. The van der Waals surface area contributed by atoms with Gasteiger partial charge in [-0.15, -0.1) is 0 Å². The molecule has 3 nitrogen and oxygen atoms in total. The molecule has 0 aromatic carbocycles. The third-order valence-corrected chi connectivity index (χ3v) is 3.15. The normalized spacial score (nSPS) is 29.6. The van der Waals surface area contributed by atoms with Crippen LogP contribution in [0.2, 0.25) is 0 Å². The Hall–Kier alpha value is -0.220. The molecule has 0 saturated heterocycles. The minimum Gasteiger partial charge on any atom is -0.383 e. The molecule has 0 aliphatic carbocycles. The van der Waals surface area contributed by atoms with E-state index in [1.54, 1.807) is 7.11 Å². The lowest BCUT2D eigenvalue weighted by atomic mass is 10.2. The topological polar surface area (TPSA) is 33.6 Å². The first-order valence-corrected chi connectivity index (χ1v) is 5.99. The average molecular weight is 216 g/mol. The van der Waals surface area contributed by atoms with E-state index in [9.17, 15) is 0 Å². The molecule has 1 N–H and O–H groups in total. The van der Waals surface area contributed by atoms with Crippen molar-refractivity contribution in [2.45, 2.75) is 44.5 Å². The Labute approximate surface area is 90.7 Å². The van der Waals surface area contributed by atoms with E-state index in [4.69, 9.17) is 4.74 Å². The molecule has 1 rings (SSSR count). The lowest BCUT2D eigenvalue weighted by molar-refractivity contribution is 0.179. The Morgan fingerprint density at radius 1 is 1.64 bits per heavy atom. The van der Waals surface area contributed by atoms with Crippen LogP contribution in [0, 0.1) is 0 Å². The fourth-order valence-electron chi connectivity index (χ4n) is 1.58. The highest BCUT2D eigenvalue weighted by Gasteiger charge is 2.19. The maximum Gasteiger partial charge on any atom is 0.157 e. The number of nitrogens with zero attached hydrogens (tertiary/aromatic N) is 1. The van der Waals surface area contributed by atoms with E-state index in [1.807, 2.05) is 11.8 Å². The quantitative estimate of drug-likeness (QED) is 0.782. The fraction of sp³-hybridized carbons (Fsp3) is 0.900. The summed E-state index contributed by atoms with van der Waals surface area (Å²) < 4.78 is 5.07. The monoisotopic (exact) mass is 216 g/mol. The number of hydrogen-bond donors (Lipinski definition) is 1. The summed E-state index contributed by atoms with van der Waals surface area (Å²) in [7, 11) is 1.72. The lowest BCUT2D eigenvalue weighted by Crippen LogP contribution is -2.37. The summed E-state index contributed by atoms with van der Waals surface area (Å²) >= 11 is 1.83. The molecule has 0 spiro atoms. The summed E-state index contributed by atoms with van der Waals surface area (Å²) in [5.41, 5.74) is 0. The molecule has 1 aliphatic heterocycles. The van der Waals surface area contributed by atoms with E-state index in [1.165, 1.54) is 6.42 Å². The van der Waals surface area contributed by atoms with Gasteiger partial charge in [0.25, 0.3) is 0 Å². The largest absolute Gasteiger partial charge is 0.383 e. The third-order valence-electron chi connectivity index (χ3n) is 2.11. The Bertz CT molecular complexity index is 208. The number of ether oxygens (including phenoxy) is 1. The van der Waals surface area contributed by atoms with Crippen molar-refractivity contribution in [3.63, 3.8) is 0 Å². The second kappa shape index (κ2) is 5.61. The second-order valence-corrected chi connectivity index (χ2v) is 5.38. The molecule has 0 radical (unpaired) electrons. The summed E-state index contributed by atoms with van der Waals surface area (Å²) in [4.78, 5) is 4.57. The fourth-order valence-corrected chi connectivity index (χ4v) is 2.84. The molecule has 0 aromatic heterocycles. The number of amidine groups is 1. The van der Waals surface area contributed by atoms with E-state index in [2.05, 4.69) is 31.1 Å². The molecule has 0 aromatic rings. The van der Waals surface area contributed by atoms with Gasteiger partial charge in [-0.1, -0.05) is 18.7 Å². The number of methoxy groups -OCH3 is 1. The first-order chi connectivity index (χ1) is 6.61. The Morgan fingerprint density at radius 2 is 2.36 bits per heavy atom. The van der Waals surface area contributed by atoms with Crippen LogP contribution in [0.15, 0.2) is 4.99 Å². The standard InChI is InChI=1S/C10H20N2OS/c1-7-5-9(3)14-10(11-7)12-8(2)6-13-4/h7-9H,5-6H2,1-4H3,(H,11,12). The second-order valence-electron chi connectivity index (χ2n) is 3.95. The van der Waals surface area contributed by atoms with E-state index in [0.29, 0.717) is 17.3 Å². The van der Waals surface area contributed by atoms with Gasteiger partial charge in [-0.3, -0.25) is 4.99 Å². The van der Waals surface area contributed by atoms with Gasteiger partial charge in [-0.25, -0.2) is 0 Å². The van der Waals surface area contributed by atoms with Crippen LogP contribution in [-0.4, -0.2) is 36.2 Å². The molecule has 1 heterocycles.